The highest BCUT2D eigenvalue weighted by atomic mass is 16.4. The second-order valence-corrected chi connectivity index (χ2v) is 5.75. The van der Waals surface area contributed by atoms with Crippen molar-refractivity contribution in [3.63, 3.8) is 0 Å². The number of pyridine rings is 1. The van der Waals surface area contributed by atoms with Crippen molar-refractivity contribution in [2.75, 3.05) is 13.1 Å². The number of carboxylic acid groups (broad SMARTS) is 1. The van der Waals surface area contributed by atoms with Crippen molar-refractivity contribution >= 4 is 22.8 Å². The first-order chi connectivity index (χ1) is 10.6. The summed E-state index contributed by atoms with van der Waals surface area (Å²) in [7, 11) is 0. The van der Waals surface area contributed by atoms with E-state index in [1.807, 2.05) is 37.3 Å². The van der Waals surface area contributed by atoms with Gasteiger partial charge in [-0.3, -0.25) is 9.59 Å². The second-order valence-electron chi connectivity index (χ2n) is 5.75. The van der Waals surface area contributed by atoms with E-state index >= 15 is 0 Å². The lowest BCUT2D eigenvalue weighted by Crippen LogP contribution is -2.40. The van der Waals surface area contributed by atoms with Crippen LogP contribution in [-0.2, 0) is 4.79 Å². The smallest absolute Gasteiger partial charge is 0.306 e. The molecule has 114 valence electrons. The zero-order valence-corrected chi connectivity index (χ0v) is 12.5. The number of likely N-dealkylation sites (tertiary alicyclic amines) is 1. The molecule has 2 heterocycles. The van der Waals surface area contributed by atoms with Crippen molar-refractivity contribution < 1.29 is 14.7 Å². The Morgan fingerprint density at radius 2 is 1.91 bits per heavy atom. The first-order valence-corrected chi connectivity index (χ1v) is 7.45. The zero-order chi connectivity index (χ0) is 15.7. The van der Waals surface area contributed by atoms with E-state index in [2.05, 4.69) is 4.98 Å². The summed E-state index contributed by atoms with van der Waals surface area (Å²) < 4.78 is 0. The molecule has 1 saturated heterocycles. The van der Waals surface area contributed by atoms with Gasteiger partial charge in [0.15, 0.2) is 0 Å². The quantitative estimate of drug-likeness (QED) is 0.924. The Balaban J connectivity index is 1.82. The number of carbonyl (C=O) groups is 2. The third-order valence-electron chi connectivity index (χ3n) is 4.27. The van der Waals surface area contributed by atoms with Crippen LogP contribution < -0.4 is 0 Å². The van der Waals surface area contributed by atoms with Crippen molar-refractivity contribution in [1.82, 2.24) is 9.88 Å². The molecule has 1 fully saturated rings. The number of hydrogen-bond acceptors (Lipinski definition) is 3. The molecule has 0 radical (unpaired) electrons. The Bertz CT molecular complexity index is 734. The minimum atomic E-state index is -0.772. The number of rotatable bonds is 2. The highest BCUT2D eigenvalue weighted by Gasteiger charge is 2.28. The van der Waals surface area contributed by atoms with Crippen LogP contribution in [-0.4, -0.2) is 40.0 Å². The predicted octanol–water partition coefficient (Wildman–Crippen LogP) is 2.48. The van der Waals surface area contributed by atoms with Gasteiger partial charge in [-0.1, -0.05) is 18.2 Å². The number of carboxylic acids is 1. The zero-order valence-electron chi connectivity index (χ0n) is 12.5. The Hall–Kier alpha value is -2.43. The fourth-order valence-corrected chi connectivity index (χ4v) is 2.95. The van der Waals surface area contributed by atoms with Crippen molar-refractivity contribution in [2.24, 2.45) is 5.92 Å². The molecule has 0 bridgehead atoms. The number of aryl methyl sites for hydroxylation is 1. The Kier molecular flexibility index (Phi) is 3.79. The maximum absolute atomic E-state index is 12.6. The van der Waals surface area contributed by atoms with Crippen molar-refractivity contribution in [2.45, 2.75) is 19.8 Å². The van der Waals surface area contributed by atoms with Crippen LogP contribution in [0.15, 0.2) is 30.3 Å². The van der Waals surface area contributed by atoms with Gasteiger partial charge in [-0.05, 0) is 37.5 Å². The van der Waals surface area contributed by atoms with Gasteiger partial charge >= 0.3 is 5.97 Å². The third-order valence-corrected chi connectivity index (χ3v) is 4.27. The Morgan fingerprint density at radius 1 is 1.23 bits per heavy atom. The van der Waals surface area contributed by atoms with E-state index in [4.69, 9.17) is 5.11 Å². The molecule has 1 aromatic heterocycles. The average Bonchev–Trinajstić information content (AvgIpc) is 2.54. The molecule has 1 N–H and O–H groups in total. The minimum Gasteiger partial charge on any atom is -0.481 e. The van der Waals surface area contributed by atoms with Crippen LogP contribution in [0.25, 0.3) is 10.9 Å². The highest BCUT2D eigenvalue weighted by molar-refractivity contribution is 5.96. The minimum absolute atomic E-state index is 0.113. The molecule has 1 amide bonds. The monoisotopic (exact) mass is 298 g/mol. The molecule has 0 atom stereocenters. The SMILES string of the molecule is Cc1cc(C(=O)N2CCC(C(=O)O)CC2)nc2ccccc12. The van der Waals surface area contributed by atoms with Crippen LogP contribution in [0.5, 0.6) is 0 Å². The molecule has 0 unspecified atom stereocenters. The van der Waals surface area contributed by atoms with Gasteiger partial charge in [0, 0.05) is 18.5 Å². The largest absolute Gasteiger partial charge is 0.481 e. The molecule has 22 heavy (non-hydrogen) atoms. The average molecular weight is 298 g/mol. The van der Waals surface area contributed by atoms with Gasteiger partial charge in [-0.15, -0.1) is 0 Å². The summed E-state index contributed by atoms with van der Waals surface area (Å²) in [6, 6.07) is 9.56. The number of benzene rings is 1. The number of amides is 1. The maximum Gasteiger partial charge on any atom is 0.306 e. The van der Waals surface area contributed by atoms with Gasteiger partial charge in [-0.2, -0.15) is 0 Å². The van der Waals surface area contributed by atoms with Crippen LogP contribution in [0.2, 0.25) is 0 Å². The number of fused-ring (bicyclic) bond motifs is 1. The van der Waals surface area contributed by atoms with E-state index in [-0.39, 0.29) is 11.8 Å². The predicted molar refractivity (Wildman–Crippen MR) is 82.7 cm³/mol. The lowest BCUT2D eigenvalue weighted by atomic mass is 9.97. The molecule has 0 spiro atoms. The van der Waals surface area contributed by atoms with Gasteiger partial charge in [0.2, 0.25) is 0 Å². The third kappa shape index (κ3) is 2.66. The molecular formula is C17H18N2O3. The van der Waals surface area contributed by atoms with Crippen LogP contribution >= 0.6 is 0 Å². The fraction of sp³-hybridized carbons (Fsp3) is 0.353. The van der Waals surface area contributed by atoms with E-state index in [1.165, 1.54) is 0 Å². The summed E-state index contributed by atoms with van der Waals surface area (Å²) >= 11 is 0. The summed E-state index contributed by atoms with van der Waals surface area (Å²) in [6.45, 7) is 2.92. The fourth-order valence-electron chi connectivity index (χ4n) is 2.95. The normalized spacial score (nSPS) is 16.0. The highest BCUT2D eigenvalue weighted by Crippen LogP contribution is 2.21. The van der Waals surface area contributed by atoms with Crippen LogP contribution in [0, 0.1) is 12.8 Å². The summed E-state index contributed by atoms with van der Waals surface area (Å²) in [5, 5.41) is 10.1. The summed E-state index contributed by atoms with van der Waals surface area (Å²) in [5.74, 6) is -1.22. The number of piperidine rings is 1. The number of para-hydroxylation sites is 1. The standard InChI is InChI=1S/C17H18N2O3/c1-11-10-15(18-14-5-3-2-4-13(11)14)16(20)19-8-6-12(7-9-19)17(21)22/h2-5,10,12H,6-9H2,1H3,(H,21,22). The molecule has 1 aliphatic heterocycles. The summed E-state index contributed by atoms with van der Waals surface area (Å²) in [4.78, 5) is 29.7. The van der Waals surface area contributed by atoms with Gasteiger partial charge < -0.3 is 10.0 Å². The van der Waals surface area contributed by atoms with E-state index in [1.54, 1.807) is 4.90 Å². The first kappa shape index (κ1) is 14.5. The van der Waals surface area contributed by atoms with Crippen molar-refractivity contribution in [3.8, 4) is 0 Å². The van der Waals surface area contributed by atoms with Crippen LogP contribution in [0.1, 0.15) is 28.9 Å². The molecule has 1 aromatic carbocycles. The van der Waals surface area contributed by atoms with Crippen molar-refractivity contribution in [3.05, 3.63) is 41.6 Å². The van der Waals surface area contributed by atoms with Gasteiger partial charge in [0.05, 0.1) is 11.4 Å². The summed E-state index contributed by atoms with van der Waals surface area (Å²) in [6.07, 6.45) is 1.02. The molecule has 0 aliphatic carbocycles. The van der Waals surface area contributed by atoms with Crippen LogP contribution in [0.4, 0.5) is 0 Å². The lowest BCUT2D eigenvalue weighted by molar-refractivity contribution is -0.143. The number of aromatic nitrogens is 1. The van der Waals surface area contributed by atoms with Crippen molar-refractivity contribution in [1.29, 1.82) is 0 Å². The lowest BCUT2D eigenvalue weighted by Gasteiger charge is -2.30. The maximum atomic E-state index is 12.6. The van der Waals surface area contributed by atoms with Crippen LogP contribution in [0.3, 0.4) is 0 Å². The second kappa shape index (κ2) is 5.75. The number of hydrogen-bond donors (Lipinski definition) is 1. The molecular weight excluding hydrogens is 280 g/mol. The Labute approximate surface area is 128 Å². The van der Waals surface area contributed by atoms with Gasteiger partial charge in [0.25, 0.3) is 5.91 Å². The Morgan fingerprint density at radius 3 is 2.59 bits per heavy atom. The molecule has 2 aromatic rings. The molecule has 5 heteroatoms. The number of aliphatic carboxylic acids is 1. The van der Waals surface area contributed by atoms with Gasteiger partial charge in [0.1, 0.15) is 5.69 Å². The topological polar surface area (TPSA) is 70.5 Å². The van der Waals surface area contributed by atoms with E-state index in [0.717, 1.165) is 16.5 Å². The number of nitrogens with zero attached hydrogens (tertiary/aromatic N) is 2. The molecule has 0 saturated carbocycles. The molecule has 3 rings (SSSR count). The van der Waals surface area contributed by atoms with E-state index < -0.39 is 5.97 Å². The van der Waals surface area contributed by atoms with E-state index in [9.17, 15) is 9.59 Å². The number of carbonyl (C=O) groups excluding carboxylic acids is 1. The molecule has 5 nitrogen and oxygen atoms in total. The van der Waals surface area contributed by atoms with E-state index in [0.29, 0.717) is 31.6 Å². The molecule has 1 aliphatic rings. The first-order valence-electron chi connectivity index (χ1n) is 7.45. The van der Waals surface area contributed by atoms with Gasteiger partial charge in [-0.25, -0.2) is 4.98 Å². The summed E-state index contributed by atoms with van der Waals surface area (Å²) in [5.41, 5.74) is 2.27.